The molecular formula is C41H51N5O5S. The largest absolute Gasteiger partial charge is 0.480 e. The van der Waals surface area contributed by atoms with Crippen molar-refractivity contribution in [3.63, 3.8) is 0 Å². The van der Waals surface area contributed by atoms with Crippen LogP contribution in [0.4, 0.5) is 5.69 Å². The molecule has 3 aliphatic heterocycles. The van der Waals surface area contributed by atoms with Gasteiger partial charge in [-0.3, -0.25) is 19.4 Å². The lowest BCUT2D eigenvalue weighted by Crippen LogP contribution is -2.56. The number of anilines is 1. The SMILES string of the molecule is O=C(O)C1CCCC2SCCC(NC[C@H](CC[C@H](Cc3ccccc3)C(=O)N[C@H]3CCCCN(c4cccnc4)C3=O)Cc3ccccc3)C(=O)N21. The van der Waals surface area contributed by atoms with Crippen LogP contribution in [0, 0.1) is 11.8 Å². The minimum absolute atomic E-state index is 0.0942. The summed E-state index contributed by atoms with van der Waals surface area (Å²) in [4.78, 5) is 61.6. The number of nitrogens with zero attached hydrogens (tertiary/aromatic N) is 3. The van der Waals surface area contributed by atoms with Gasteiger partial charge in [-0.1, -0.05) is 60.7 Å². The van der Waals surface area contributed by atoms with Crippen LogP contribution >= 0.6 is 11.8 Å². The highest BCUT2D eigenvalue weighted by molar-refractivity contribution is 7.99. The molecule has 0 bridgehead atoms. The number of nitrogens with one attached hydrogen (secondary N) is 2. The van der Waals surface area contributed by atoms with E-state index in [2.05, 4.69) is 27.8 Å². The van der Waals surface area contributed by atoms with Gasteiger partial charge in [-0.25, -0.2) is 4.79 Å². The molecule has 0 radical (unpaired) electrons. The third kappa shape index (κ3) is 9.80. The van der Waals surface area contributed by atoms with Gasteiger partial charge < -0.3 is 25.5 Å². The predicted octanol–water partition coefficient (Wildman–Crippen LogP) is 5.47. The number of carboxylic acids is 1. The standard InChI is InChI=1S/C41H51N5O5S/c47-38(44-35-16-7-8-23-45(39(35)48)33-15-10-22-42-28-33)32(26-30-13-5-2-6-14-30)20-19-31(25-29-11-3-1-4-12-29)27-43-34-21-24-52-37-18-9-17-36(41(50)51)46(37)40(34)49/h1-6,10-15,22,28,31-32,34-37,43H,7-9,16-21,23-27H2,(H,44,47)(H,50,51)/t31-,32-,34?,35+,36?,37?/m1/s1. The first-order chi connectivity index (χ1) is 25.4. The maximum Gasteiger partial charge on any atom is 0.326 e. The van der Waals surface area contributed by atoms with Crippen LogP contribution in [0.2, 0.25) is 0 Å². The van der Waals surface area contributed by atoms with Crippen LogP contribution in [0.3, 0.4) is 0 Å². The van der Waals surface area contributed by atoms with Gasteiger partial charge in [-0.15, -0.1) is 11.8 Å². The minimum Gasteiger partial charge on any atom is -0.480 e. The molecule has 0 spiro atoms. The van der Waals surface area contributed by atoms with Crippen LogP contribution < -0.4 is 15.5 Å². The number of aromatic nitrogens is 1. The number of carboxylic acid groups (broad SMARTS) is 1. The maximum absolute atomic E-state index is 14.2. The number of aliphatic carboxylic acids is 1. The molecule has 3 aliphatic rings. The fraction of sp³-hybridized carbons (Fsp3) is 0.488. The third-order valence-corrected chi connectivity index (χ3v) is 12.1. The van der Waals surface area contributed by atoms with Gasteiger partial charge in [0.25, 0.3) is 0 Å². The molecule has 3 aromatic rings. The number of hydrogen-bond acceptors (Lipinski definition) is 7. The highest BCUT2D eigenvalue weighted by Crippen LogP contribution is 2.34. The van der Waals surface area contributed by atoms with Crippen LogP contribution in [-0.4, -0.2) is 81.0 Å². The van der Waals surface area contributed by atoms with Crippen molar-refractivity contribution in [2.75, 3.05) is 23.7 Å². The Balaban J connectivity index is 1.17. The van der Waals surface area contributed by atoms with E-state index in [1.165, 1.54) is 5.56 Å². The Morgan fingerprint density at radius 2 is 1.58 bits per heavy atom. The zero-order valence-corrected chi connectivity index (χ0v) is 30.6. The number of benzene rings is 2. The van der Waals surface area contributed by atoms with Gasteiger partial charge in [0.2, 0.25) is 17.7 Å². The average Bonchev–Trinajstić information content (AvgIpc) is 3.45. The van der Waals surface area contributed by atoms with E-state index in [0.29, 0.717) is 45.2 Å². The summed E-state index contributed by atoms with van der Waals surface area (Å²) in [6, 6.07) is 22.1. The molecule has 3 N–H and O–H groups in total. The summed E-state index contributed by atoms with van der Waals surface area (Å²) < 4.78 is 0. The van der Waals surface area contributed by atoms with Gasteiger partial charge in [0, 0.05) is 18.7 Å². The number of piperidine rings is 1. The van der Waals surface area contributed by atoms with Gasteiger partial charge in [-0.2, -0.15) is 0 Å². The van der Waals surface area contributed by atoms with Crippen LogP contribution in [0.15, 0.2) is 85.2 Å². The smallest absolute Gasteiger partial charge is 0.326 e. The molecule has 6 atom stereocenters. The fourth-order valence-electron chi connectivity index (χ4n) is 7.91. The van der Waals surface area contributed by atoms with Crippen molar-refractivity contribution in [3.05, 3.63) is 96.3 Å². The van der Waals surface area contributed by atoms with E-state index in [9.17, 15) is 24.3 Å². The van der Waals surface area contributed by atoms with Crippen molar-refractivity contribution in [3.8, 4) is 0 Å². The van der Waals surface area contributed by atoms with E-state index < -0.39 is 24.1 Å². The molecule has 3 saturated heterocycles. The summed E-state index contributed by atoms with van der Waals surface area (Å²) in [6.45, 7) is 1.16. The lowest BCUT2D eigenvalue weighted by molar-refractivity contribution is -0.153. The van der Waals surface area contributed by atoms with Crippen LogP contribution in [0.1, 0.15) is 68.9 Å². The lowest BCUT2D eigenvalue weighted by atomic mass is 9.87. The molecule has 3 fully saturated rings. The number of hydrogen-bond donors (Lipinski definition) is 3. The first-order valence-electron chi connectivity index (χ1n) is 18.9. The number of carbonyl (C=O) groups excluding carboxylic acids is 3. The van der Waals surface area contributed by atoms with E-state index in [-0.39, 0.29) is 34.9 Å². The summed E-state index contributed by atoms with van der Waals surface area (Å²) in [6.07, 6.45) is 11.1. The van der Waals surface area contributed by atoms with Crippen molar-refractivity contribution >= 4 is 41.1 Å². The number of carbonyl (C=O) groups is 4. The quantitative estimate of drug-likeness (QED) is 0.200. The molecule has 276 valence electrons. The third-order valence-electron chi connectivity index (χ3n) is 10.7. The van der Waals surface area contributed by atoms with E-state index in [0.717, 1.165) is 55.5 Å². The Hall–Kier alpha value is -4.22. The summed E-state index contributed by atoms with van der Waals surface area (Å²) in [5.74, 6) is -0.716. The normalized spacial score (nSPS) is 23.5. The van der Waals surface area contributed by atoms with Gasteiger partial charge in [0.15, 0.2) is 0 Å². The molecule has 6 rings (SSSR count). The van der Waals surface area contributed by atoms with E-state index in [4.69, 9.17) is 0 Å². The number of rotatable bonds is 14. The summed E-state index contributed by atoms with van der Waals surface area (Å²) >= 11 is 1.69. The van der Waals surface area contributed by atoms with E-state index in [1.54, 1.807) is 34.0 Å². The second-order valence-corrected chi connectivity index (χ2v) is 15.7. The van der Waals surface area contributed by atoms with Crippen LogP contribution in [0.5, 0.6) is 0 Å². The molecule has 1 aromatic heterocycles. The van der Waals surface area contributed by atoms with Crippen LogP contribution in [0.25, 0.3) is 0 Å². The molecule has 10 nitrogen and oxygen atoms in total. The topological polar surface area (TPSA) is 132 Å². The van der Waals surface area contributed by atoms with Gasteiger partial charge in [0.05, 0.1) is 23.3 Å². The minimum atomic E-state index is -0.931. The summed E-state index contributed by atoms with van der Waals surface area (Å²) in [7, 11) is 0. The molecule has 3 amide bonds. The van der Waals surface area contributed by atoms with Crippen molar-refractivity contribution in [1.29, 1.82) is 0 Å². The van der Waals surface area contributed by atoms with Crippen LogP contribution in [-0.2, 0) is 32.0 Å². The second-order valence-electron chi connectivity index (χ2n) is 14.4. The highest BCUT2D eigenvalue weighted by atomic mass is 32.2. The molecule has 52 heavy (non-hydrogen) atoms. The maximum atomic E-state index is 14.2. The first-order valence-corrected chi connectivity index (χ1v) is 19.9. The molecule has 0 saturated carbocycles. The Kier molecular flexibility index (Phi) is 13.4. The summed E-state index contributed by atoms with van der Waals surface area (Å²) in [5, 5.41) is 16.6. The Labute approximate surface area is 311 Å². The van der Waals surface area contributed by atoms with Gasteiger partial charge >= 0.3 is 5.97 Å². The Morgan fingerprint density at radius 1 is 0.827 bits per heavy atom. The molecule has 2 aromatic carbocycles. The molecule has 11 heteroatoms. The van der Waals surface area contributed by atoms with Gasteiger partial charge in [0.1, 0.15) is 12.1 Å². The first kappa shape index (κ1) is 37.5. The summed E-state index contributed by atoms with van der Waals surface area (Å²) in [5.41, 5.74) is 2.99. The zero-order valence-electron chi connectivity index (χ0n) is 29.8. The second kappa shape index (κ2) is 18.5. The monoisotopic (exact) mass is 725 g/mol. The fourth-order valence-corrected chi connectivity index (χ4v) is 9.30. The Bertz CT molecular complexity index is 1630. The van der Waals surface area contributed by atoms with Crippen molar-refractivity contribution in [2.45, 2.75) is 94.1 Å². The van der Waals surface area contributed by atoms with E-state index in [1.807, 2.05) is 60.7 Å². The average molecular weight is 726 g/mol. The van der Waals surface area contributed by atoms with Crippen molar-refractivity contribution in [1.82, 2.24) is 20.5 Å². The number of pyridine rings is 1. The molecule has 0 aliphatic carbocycles. The van der Waals surface area contributed by atoms with Crippen molar-refractivity contribution in [2.24, 2.45) is 11.8 Å². The molecule has 3 unspecified atom stereocenters. The number of thioether (sulfide) groups is 1. The van der Waals surface area contributed by atoms with Crippen molar-refractivity contribution < 1.29 is 24.3 Å². The number of fused-ring (bicyclic) bond motifs is 1. The predicted molar refractivity (Wildman–Crippen MR) is 204 cm³/mol. The molecular weight excluding hydrogens is 675 g/mol. The zero-order chi connectivity index (χ0) is 36.3. The highest BCUT2D eigenvalue weighted by Gasteiger charge is 2.42. The van der Waals surface area contributed by atoms with Gasteiger partial charge in [-0.05, 0) is 112 Å². The van der Waals surface area contributed by atoms with E-state index >= 15 is 0 Å². The number of amides is 3. The lowest BCUT2D eigenvalue weighted by Gasteiger charge is -2.39. The Morgan fingerprint density at radius 3 is 2.29 bits per heavy atom. The molecule has 4 heterocycles.